The summed E-state index contributed by atoms with van der Waals surface area (Å²) < 4.78 is 2.38. The van der Waals surface area contributed by atoms with Gasteiger partial charge in [-0.05, 0) is 58.3 Å². The second-order valence-electron chi connectivity index (χ2n) is 5.96. The van der Waals surface area contributed by atoms with E-state index >= 15 is 0 Å². The summed E-state index contributed by atoms with van der Waals surface area (Å²) in [4.78, 5) is 6.97. The molecule has 0 spiro atoms. The Hall–Kier alpha value is -0.870. The minimum atomic E-state index is 0.669. The summed E-state index contributed by atoms with van der Waals surface area (Å²) in [5, 5.41) is 3.50. The Morgan fingerprint density at radius 3 is 2.89 bits per heavy atom. The summed E-state index contributed by atoms with van der Waals surface area (Å²) in [6, 6.07) is 0. The molecule has 2 saturated heterocycles. The second-order valence-corrected chi connectivity index (χ2v) is 5.96. The van der Waals surface area contributed by atoms with Crippen molar-refractivity contribution in [3.05, 3.63) is 18.2 Å². The van der Waals surface area contributed by atoms with Crippen LogP contribution in [0.1, 0.15) is 43.7 Å². The zero-order valence-electron chi connectivity index (χ0n) is 11.9. The molecule has 1 aromatic rings. The molecule has 0 aromatic carbocycles. The van der Waals surface area contributed by atoms with E-state index in [9.17, 15) is 0 Å². The van der Waals surface area contributed by atoms with Crippen LogP contribution in [0.2, 0.25) is 0 Å². The van der Waals surface area contributed by atoms with Crippen molar-refractivity contribution in [3.63, 3.8) is 0 Å². The highest BCUT2D eigenvalue weighted by Gasteiger charge is 2.18. The van der Waals surface area contributed by atoms with Gasteiger partial charge < -0.3 is 14.8 Å². The Labute approximate surface area is 116 Å². The average Bonchev–Trinajstić information content (AvgIpc) is 3.11. The standard InChI is InChI=1S/C15H26N4/c1-2-8-18(7-1)9-4-10-19-13-17-12-15(19)14-5-3-6-16-11-14/h12-14,16H,1-11H2. The first kappa shape index (κ1) is 13.1. The number of imidazole rings is 1. The monoisotopic (exact) mass is 262 g/mol. The van der Waals surface area contributed by atoms with Crippen molar-refractivity contribution >= 4 is 0 Å². The van der Waals surface area contributed by atoms with Crippen molar-refractivity contribution in [2.75, 3.05) is 32.7 Å². The lowest BCUT2D eigenvalue weighted by Crippen LogP contribution is -2.29. The number of nitrogens with zero attached hydrogens (tertiary/aromatic N) is 3. The first-order valence-electron chi connectivity index (χ1n) is 7.86. The maximum absolute atomic E-state index is 4.37. The highest BCUT2D eigenvalue weighted by Crippen LogP contribution is 2.23. The lowest BCUT2D eigenvalue weighted by Gasteiger charge is -2.24. The maximum atomic E-state index is 4.37. The third-order valence-corrected chi connectivity index (χ3v) is 4.53. The zero-order valence-corrected chi connectivity index (χ0v) is 11.9. The molecule has 1 atom stereocenters. The average molecular weight is 262 g/mol. The van der Waals surface area contributed by atoms with Gasteiger partial charge in [0.05, 0.1) is 6.33 Å². The van der Waals surface area contributed by atoms with Crippen molar-refractivity contribution in [1.82, 2.24) is 19.8 Å². The molecule has 1 N–H and O–H groups in total. The number of aryl methyl sites for hydroxylation is 1. The van der Waals surface area contributed by atoms with Gasteiger partial charge in [-0.3, -0.25) is 0 Å². The van der Waals surface area contributed by atoms with Crippen LogP contribution in [-0.4, -0.2) is 47.2 Å². The number of nitrogens with one attached hydrogen (secondary N) is 1. The Bertz CT molecular complexity index is 375. The fourth-order valence-corrected chi connectivity index (χ4v) is 3.43. The molecule has 106 valence electrons. The van der Waals surface area contributed by atoms with Crippen molar-refractivity contribution in [2.24, 2.45) is 0 Å². The normalized spacial score (nSPS) is 24.9. The number of hydrogen-bond donors (Lipinski definition) is 1. The van der Waals surface area contributed by atoms with Gasteiger partial charge in [-0.15, -0.1) is 0 Å². The summed E-state index contributed by atoms with van der Waals surface area (Å²) in [5.41, 5.74) is 1.44. The van der Waals surface area contributed by atoms with Gasteiger partial charge >= 0.3 is 0 Å². The molecule has 0 aliphatic carbocycles. The SMILES string of the molecule is c1ncn(CCCN2CCCC2)c1C1CCCNC1. The van der Waals surface area contributed by atoms with Crippen LogP contribution in [0.25, 0.3) is 0 Å². The molecule has 4 heteroatoms. The molecule has 2 aliphatic rings. The number of piperidine rings is 1. The van der Waals surface area contributed by atoms with Crippen LogP contribution in [0.3, 0.4) is 0 Å². The number of aromatic nitrogens is 2. The first-order chi connectivity index (χ1) is 9.43. The van der Waals surface area contributed by atoms with E-state index in [4.69, 9.17) is 0 Å². The lowest BCUT2D eigenvalue weighted by molar-refractivity contribution is 0.323. The quantitative estimate of drug-likeness (QED) is 0.879. The van der Waals surface area contributed by atoms with Crippen molar-refractivity contribution < 1.29 is 0 Å². The fraction of sp³-hybridized carbons (Fsp3) is 0.800. The Balaban J connectivity index is 1.51. The molecule has 4 nitrogen and oxygen atoms in total. The van der Waals surface area contributed by atoms with Crippen LogP contribution in [0.15, 0.2) is 12.5 Å². The van der Waals surface area contributed by atoms with Crippen molar-refractivity contribution in [2.45, 2.75) is 44.6 Å². The van der Waals surface area contributed by atoms with Crippen molar-refractivity contribution in [3.8, 4) is 0 Å². The summed E-state index contributed by atoms with van der Waals surface area (Å²) in [7, 11) is 0. The largest absolute Gasteiger partial charge is 0.334 e. The molecule has 2 aliphatic heterocycles. The van der Waals surface area contributed by atoms with Crippen molar-refractivity contribution in [1.29, 1.82) is 0 Å². The van der Waals surface area contributed by atoms with E-state index in [0.29, 0.717) is 5.92 Å². The van der Waals surface area contributed by atoms with Crippen LogP contribution in [-0.2, 0) is 6.54 Å². The van der Waals surface area contributed by atoms with Gasteiger partial charge in [0.1, 0.15) is 0 Å². The van der Waals surface area contributed by atoms with Crippen LogP contribution in [0.5, 0.6) is 0 Å². The van der Waals surface area contributed by atoms with Gasteiger partial charge in [-0.25, -0.2) is 4.98 Å². The van der Waals surface area contributed by atoms with Gasteiger partial charge in [0.2, 0.25) is 0 Å². The number of likely N-dealkylation sites (tertiary alicyclic amines) is 1. The zero-order chi connectivity index (χ0) is 12.9. The maximum Gasteiger partial charge on any atom is 0.0948 e. The van der Waals surface area contributed by atoms with Crippen LogP contribution >= 0.6 is 0 Å². The Morgan fingerprint density at radius 2 is 2.11 bits per heavy atom. The molecule has 0 amide bonds. The molecule has 0 bridgehead atoms. The molecule has 3 rings (SSSR count). The fourth-order valence-electron chi connectivity index (χ4n) is 3.43. The Kier molecular flexibility index (Phi) is 4.51. The van der Waals surface area contributed by atoms with Gasteiger partial charge in [-0.1, -0.05) is 0 Å². The van der Waals surface area contributed by atoms with Gasteiger partial charge in [0.15, 0.2) is 0 Å². The van der Waals surface area contributed by atoms with E-state index in [1.807, 2.05) is 6.33 Å². The minimum Gasteiger partial charge on any atom is -0.334 e. The molecule has 19 heavy (non-hydrogen) atoms. The van der Waals surface area contributed by atoms with E-state index in [0.717, 1.165) is 13.1 Å². The lowest BCUT2D eigenvalue weighted by atomic mass is 9.96. The molecule has 1 unspecified atom stereocenters. The van der Waals surface area contributed by atoms with E-state index in [1.54, 1.807) is 0 Å². The topological polar surface area (TPSA) is 33.1 Å². The minimum absolute atomic E-state index is 0.669. The predicted molar refractivity (Wildman–Crippen MR) is 77.4 cm³/mol. The van der Waals surface area contributed by atoms with E-state index in [1.165, 1.54) is 64.0 Å². The summed E-state index contributed by atoms with van der Waals surface area (Å²) in [5.74, 6) is 0.669. The van der Waals surface area contributed by atoms with E-state index in [-0.39, 0.29) is 0 Å². The second kappa shape index (κ2) is 6.53. The third kappa shape index (κ3) is 3.37. The summed E-state index contributed by atoms with van der Waals surface area (Å²) >= 11 is 0. The van der Waals surface area contributed by atoms with Gasteiger partial charge in [-0.2, -0.15) is 0 Å². The third-order valence-electron chi connectivity index (χ3n) is 4.53. The highest BCUT2D eigenvalue weighted by atomic mass is 15.1. The summed E-state index contributed by atoms with van der Waals surface area (Å²) in [6.07, 6.45) is 10.7. The molecule has 2 fully saturated rings. The predicted octanol–water partition coefficient (Wildman–Crippen LogP) is 1.84. The van der Waals surface area contributed by atoms with E-state index in [2.05, 4.69) is 26.0 Å². The molecular formula is C15H26N4. The number of hydrogen-bond acceptors (Lipinski definition) is 3. The molecule has 0 saturated carbocycles. The molecular weight excluding hydrogens is 236 g/mol. The highest BCUT2D eigenvalue weighted by molar-refractivity contribution is 5.08. The van der Waals surface area contributed by atoms with Gasteiger partial charge in [0.25, 0.3) is 0 Å². The summed E-state index contributed by atoms with van der Waals surface area (Å²) in [6.45, 7) is 7.30. The van der Waals surface area contributed by atoms with Crippen LogP contribution < -0.4 is 5.32 Å². The Morgan fingerprint density at radius 1 is 1.21 bits per heavy atom. The molecule has 1 aromatic heterocycles. The van der Waals surface area contributed by atoms with Crippen LogP contribution in [0, 0.1) is 0 Å². The molecule has 0 radical (unpaired) electrons. The van der Waals surface area contributed by atoms with Gasteiger partial charge in [0, 0.05) is 30.9 Å². The first-order valence-corrected chi connectivity index (χ1v) is 7.86. The van der Waals surface area contributed by atoms with Crippen LogP contribution in [0.4, 0.5) is 0 Å². The smallest absolute Gasteiger partial charge is 0.0948 e. The van der Waals surface area contributed by atoms with E-state index < -0.39 is 0 Å². The number of rotatable bonds is 5. The molecule has 3 heterocycles.